The van der Waals surface area contributed by atoms with Crippen molar-refractivity contribution in [3.05, 3.63) is 29.8 Å². The molecule has 0 saturated carbocycles. The van der Waals surface area contributed by atoms with Crippen LogP contribution in [0.3, 0.4) is 0 Å². The second-order valence-electron chi connectivity index (χ2n) is 2.03. The number of hydrogen-bond acceptors (Lipinski definition) is 3. The third kappa shape index (κ3) is 3.32. The summed E-state index contributed by atoms with van der Waals surface area (Å²) in [5, 5.41) is 0. The van der Waals surface area contributed by atoms with Crippen molar-refractivity contribution in [2.75, 3.05) is 0 Å². The molecule has 0 unspecified atom stereocenters. The number of benzene rings is 1. The molecule has 0 radical (unpaired) electrons. The molecule has 0 saturated heterocycles. The van der Waals surface area contributed by atoms with Gasteiger partial charge in [-0.1, -0.05) is 0 Å². The molecule has 0 amide bonds. The molecule has 0 aliphatic rings. The van der Waals surface area contributed by atoms with Crippen molar-refractivity contribution in [3.63, 3.8) is 0 Å². The van der Waals surface area contributed by atoms with Crippen molar-refractivity contribution >= 4 is 10.1 Å². The second-order valence-corrected chi connectivity index (χ2v) is 3.41. The molecule has 0 atom stereocenters. The van der Waals surface area contributed by atoms with Gasteiger partial charge >= 0.3 is 29.6 Å². The molecule has 1 rings (SSSR count). The maximum atomic E-state index is 12.3. The molecule has 1 aromatic carbocycles. The zero-order valence-electron chi connectivity index (χ0n) is 6.62. The molecule has 7 heteroatoms. The summed E-state index contributed by atoms with van der Waals surface area (Å²) in [5.74, 6) is -2.55. The fourth-order valence-corrected chi connectivity index (χ4v) is 1.11. The Labute approximate surface area is 95.8 Å². The summed E-state index contributed by atoms with van der Waals surface area (Å²) in [7, 11) is -4.70. The third-order valence-corrected chi connectivity index (χ3v) is 2.01. The molecular formula is C6H3F2NaO3S. The van der Waals surface area contributed by atoms with E-state index < -0.39 is 26.6 Å². The molecule has 0 spiro atoms. The van der Waals surface area contributed by atoms with Gasteiger partial charge in [-0.2, -0.15) is 0 Å². The molecule has 0 fully saturated rings. The van der Waals surface area contributed by atoms with Crippen LogP contribution < -0.4 is 29.6 Å². The molecule has 1 aromatic rings. The Kier molecular flexibility index (Phi) is 4.47. The van der Waals surface area contributed by atoms with Crippen molar-refractivity contribution < 1.29 is 51.3 Å². The quantitative estimate of drug-likeness (QED) is 0.398. The van der Waals surface area contributed by atoms with Gasteiger partial charge in [0.25, 0.3) is 0 Å². The summed E-state index contributed by atoms with van der Waals surface area (Å²) in [6, 6.07) is 1.64. The van der Waals surface area contributed by atoms with Crippen LogP contribution in [-0.4, -0.2) is 13.0 Å². The van der Waals surface area contributed by atoms with Crippen molar-refractivity contribution in [1.29, 1.82) is 0 Å². The van der Waals surface area contributed by atoms with Crippen LogP contribution in [0, 0.1) is 11.6 Å². The van der Waals surface area contributed by atoms with Crippen molar-refractivity contribution in [3.8, 4) is 0 Å². The average Bonchev–Trinajstić information content (AvgIpc) is 1.92. The summed E-state index contributed by atoms with van der Waals surface area (Å²) >= 11 is 0. The number of rotatable bonds is 1. The first-order valence-corrected chi connectivity index (χ1v) is 4.23. The molecule has 3 nitrogen and oxygen atoms in total. The molecule has 0 aromatic heterocycles. The van der Waals surface area contributed by atoms with Gasteiger partial charge in [0.05, 0.1) is 4.90 Å². The summed E-state index contributed by atoms with van der Waals surface area (Å²) in [4.78, 5) is -0.776. The number of halogens is 2. The van der Waals surface area contributed by atoms with Crippen LogP contribution in [0.4, 0.5) is 8.78 Å². The Morgan fingerprint density at radius 2 is 1.69 bits per heavy atom. The molecule has 0 N–H and O–H groups in total. The van der Waals surface area contributed by atoms with Gasteiger partial charge < -0.3 is 4.55 Å². The predicted molar refractivity (Wildman–Crippen MR) is 34.3 cm³/mol. The Balaban J connectivity index is 0.00000144. The monoisotopic (exact) mass is 216 g/mol. The maximum absolute atomic E-state index is 12.3. The van der Waals surface area contributed by atoms with Gasteiger partial charge in [-0.25, -0.2) is 17.2 Å². The zero-order chi connectivity index (χ0) is 9.35. The van der Waals surface area contributed by atoms with E-state index in [1.807, 2.05) is 0 Å². The van der Waals surface area contributed by atoms with E-state index in [-0.39, 0.29) is 29.6 Å². The minimum absolute atomic E-state index is 0. The second kappa shape index (κ2) is 4.47. The van der Waals surface area contributed by atoms with E-state index in [2.05, 4.69) is 0 Å². The fourth-order valence-electron chi connectivity index (χ4n) is 0.632. The Bertz CT molecular complexity index is 404. The molecule has 66 valence electrons. The third-order valence-electron chi connectivity index (χ3n) is 1.18. The van der Waals surface area contributed by atoms with E-state index in [0.717, 1.165) is 0 Å². The van der Waals surface area contributed by atoms with Crippen LogP contribution >= 0.6 is 0 Å². The molecular weight excluding hydrogens is 213 g/mol. The molecule has 13 heavy (non-hydrogen) atoms. The minimum atomic E-state index is -4.70. The zero-order valence-corrected chi connectivity index (χ0v) is 9.44. The first kappa shape index (κ1) is 13.0. The summed E-state index contributed by atoms with van der Waals surface area (Å²) in [6.07, 6.45) is 0. The number of hydrogen-bond donors (Lipinski definition) is 0. The van der Waals surface area contributed by atoms with Gasteiger partial charge in [0.15, 0.2) is 11.6 Å². The first-order valence-electron chi connectivity index (χ1n) is 2.82. The SMILES string of the molecule is O=S(=O)([O-])c1ccc(F)c(F)c1.[Na+]. The van der Waals surface area contributed by atoms with Gasteiger partial charge in [-0.15, -0.1) is 0 Å². The van der Waals surface area contributed by atoms with E-state index in [0.29, 0.717) is 18.2 Å². The molecule has 0 aliphatic heterocycles. The van der Waals surface area contributed by atoms with Gasteiger partial charge in [0, 0.05) is 0 Å². The average molecular weight is 216 g/mol. The van der Waals surface area contributed by atoms with Crippen molar-refractivity contribution in [1.82, 2.24) is 0 Å². The topological polar surface area (TPSA) is 57.2 Å². The Morgan fingerprint density at radius 3 is 2.08 bits per heavy atom. The van der Waals surface area contributed by atoms with Crippen LogP contribution in [0.5, 0.6) is 0 Å². The maximum Gasteiger partial charge on any atom is 1.00 e. The standard InChI is InChI=1S/C6H4F2O3S.Na/c7-5-2-1-4(3-6(5)8)12(9,10)11;/h1-3H,(H,9,10,11);/q;+1/p-1. The largest absolute Gasteiger partial charge is 1.00 e. The molecule has 0 heterocycles. The first-order chi connectivity index (χ1) is 5.41. The minimum Gasteiger partial charge on any atom is -0.744 e. The smallest absolute Gasteiger partial charge is 0.744 e. The predicted octanol–water partition coefficient (Wildman–Crippen LogP) is -2.13. The van der Waals surface area contributed by atoms with E-state index in [1.165, 1.54) is 0 Å². The Morgan fingerprint density at radius 1 is 1.15 bits per heavy atom. The van der Waals surface area contributed by atoms with Crippen molar-refractivity contribution in [2.24, 2.45) is 0 Å². The van der Waals surface area contributed by atoms with Crippen LogP contribution in [0.2, 0.25) is 0 Å². The van der Waals surface area contributed by atoms with Crippen LogP contribution in [-0.2, 0) is 10.1 Å². The van der Waals surface area contributed by atoms with E-state index >= 15 is 0 Å². The fraction of sp³-hybridized carbons (Fsp3) is 0. The summed E-state index contributed by atoms with van der Waals surface area (Å²) in [6.45, 7) is 0. The summed E-state index contributed by atoms with van der Waals surface area (Å²) in [5.41, 5.74) is 0. The van der Waals surface area contributed by atoms with Crippen molar-refractivity contribution in [2.45, 2.75) is 4.90 Å². The van der Waals surface area contributed by atoms with Crippen LogP contribution in [0.1, 0.15) is 0 Å². The van der Waals surface area contributed by atoms with Crippen LogP contribution in [0.15, 0.2) is 23.1 Å². The van der Waals surface area contributed by atoms with E-state index in [9.17, 15) is 21.8 Å². The van der Waals surface area contributed by atoms with Gasteiger partial charge in [-0.05, 0) is 18.2 Å². The van der Waals surface area contributed by atoms with Gasteiger partial charge in [-0.3, -0.25) is 0 Å². The molecule has 0 bridgehead atoms. The van der Waals surface area contributed by atoms with E-state index in [4.69, 9.17) is 0 Å². The normalized spacial score (nSPS) is 10.7. The van der Waals surface area contributed by atoms with Crippen LogP contribution in [0.25, 0.3) is 0 Å². The summed E-state index contributed by atoms with van der Waals surface area (Å²) < 4.78 is 55.3. The van der Waals surface area contributed by atoms with E-state index in [1.54, 1.807) is 0 Å². The molecule has 0 aliphatic carbocycles. The van der Waals surface area contributed by atoms with Gasteiger partial charge in [0.2, 0.25) is 0 Å². The van der Waals surface area contributed by atoms with Gasteiger partial charge in [0.1, 0.15) is 10.1 Å². The Hall–Kier alpha value is -0.0100.